The lowest BCUT2D eigenvalue weighted by Crippen LogP contribution is -1.91. The summed E-state index contributed by atoms with van der Waals surface area (Å²) in [6, 6.07) is 2.75. The van der Waals surface area contributed by atoms with Crippen molar-refractivity contribution in [2.24, 2.45) is 0 Å². The van der Waals surface area contributed by atoms with E-state index in [4.69, 9.17) is 4.74 Å². The van der Waals surface area contributed by atoms with E-state index < -0.39 is 4.92 Å². The van der Waals surface area contributed by atoms with Gasteiger partial charge in [0.25, 0.3) is 0 Å². The molecule has 0 saturated carbocycles. The zero-order valence-electron chi connectivity index (χ0n) is 7.13. The lowest BCUT2D eigenvalue weighted by Gasteiger charge is -1.97. The summed E-state index contributed by atoms with van der Waals surface area (Å²) < 4.78 is 9.35. The number of ether oxygens (including phenoxy) is 1. The Bertz CT molecular complexity index is 493. The molecule has 0 atom stereocenters. The molecule has 72 valence electrons. The number of non-ortho nitro benzene ring substituents is 1. The molecule has 1 heterocycles. The Balaban J connectivity index is 2.78. The predicted octanol–water partition coefficient (Wildman–Crippen LogP) is 1.14. The molecule has 0 N–H and O–H groups in total. The summed E-state index contributed by atoms with van der Waals surface area (Å²) in [6.45, 7) is 0. The number of benzene rings is 1. The monoisotopic (exact) mass is 195 g/mol. The highest BCUT2D eigenvalue weighted by atomic mass is 16.6. The van der Waals surface area contributed by atoms with Crippen molar-refractivity contribution in [3.63, 3.8) is 0 Å². The molecule has 0 bridgehead atoms. The van der Waals surface area contributed by atoms with Crippen LogP contribution in [0.3, 0.4) is 0 Å². The van der Waals surface area contributed by atoms with Gasteiger partial charge in [-0.05, 0) is 16.4 Å². The summed E-state index contributed by atoms with van der Waals surface area (Å²) in [4.78, 5) is 10.0. The van der Waals surface area contributed by atoms with Crippen LogP contribution in [0.4, 0.5) is 5.69 Å². The standard InChI is InChI=1S/C7H5N3O4/c1-13-5-3-2-4(10(11)12)6-7(5)9-14-8-6/h2-3H,1H3. The van der Waals surface area contributed by atoms with E-state index in [9.17, 15) is 10.1 Å². The van der Waals surface area contributed by atoms with Crippen molar-refractivity contribution < 1.29 is 14.3 Å². The van der Waals surface area contributed by atoms with E-state index in [1.165, 1.54) is 19.2 Å². The van der Waals surface area contributed by atoms with E-state index in [1.54, 1.807) is 0 Å². The lowest BCUT2D eigenvalue weighted by molar-refractivity contribution is -0.383. The largest absolute Gasteiger partial charge is 0.494 e. The molecule has 1 aromatic carbocycles. The van der Waals surface area contributed by atoms with Crippen LogP contribution in [0.25, 0.3) is 11.0 Å². The maximum atomic E-state index is 10.6. The SMILES string of the molecule is COc1ccc([N+](=O)[O-])c2nonc12. The fourth-order valence-corrected chi connectivity index (χ4v) is 1.14. The zero-order valence-corrected chi connectivity index (χ0v) is 7.13. The maximum absolute atomic E-state index is 10.6. The smallest absolute Gasteiger partial charge is 0.301 e. The van der Waals surface area contributed by atoms with E-state index in [-0.39, 0.29) is 16.7 Å². The summed E-state index contributed by atoms with van der Waals surface area (Å²) in [5.74, 6) is 0.395. The molecule has 0 radical (unpaired) electrons. The minimum absolute atomic E-state index is 0.0920. The topological polar surface area (TPSA) is 91.3 Å². The molecular weight excluding hydrogens is 190 g/mol. The molecule has 7 nitrogen and oxygen atoms in total. The number of aromatic nitrogens is 2. The van der Waals surface area contributed by atoms with Crippen molar-refractivity contribution in [1.82, 2.24) is 10.3 Å². The van der Waals surface area contributed by atoms with Gasteiger partial charge in [-0.15, -0.1) is 0 Å². The van der Waals surface area contributed by atoms with Gasteiger partial charge in [-0.1, -0.05) is 0 Å². The van der Waals surface area contributed by atoms with Crippen LogP contribution in [0.5, 0.6) is 5.75 Å². The number of hydrogen-bond acceptors (Lipinski definition) is 6. The van der Waals surface area contributed by atoms with Gasteiger partial charge in [0.05, 0.1) is 12.0 Å². The molecule has 0 aliphatic carbocycles. The van der Waals surface area contributed by atoms with Crippen LogP contribution < -0.4 is 4.74 Å². The van der Waals surface area contributed by atoms with E-state index in [1.807, 2.05) is 0 Å². The minimum atomic E-state index is -0.550. The molecule has 0 spiro atoms. The van der Waals surface area contributed by atoms with Gasteiger partial charge in [-0.2, -0.15) is 0 Å². The molecule has 0 aliphatic heterocycles. The van der Waals surface area contributed by atoms with Crippen LogP contribution in [0, 0.1) is 10.1 Å². The summed E-state index contributed by atoms with van der Waals surface area (Å²) in [7, 11) is 1.44. The Morgan fingerprint density at radius 3 is 2.79 bits per heavy atom. The van der Waals surface area contributed by atoms with Gasteiger partial charge in [0.2, 0.25) is 5.52 Å². The summed E-state index contributed by atoms with van der Waals surface area (Å²) in [5, 5.41) is 17.5. The number of nitro benzene ring substituents is 1. The van der Waals surface area contributed by atoms with Crippen molar-refractivity contribution in [2.45, 2.75) is 0 Å². The second-order valence-electron chi connectivity index (χ2n) is 2.51. The Hall–Kier alpha value is -2.18. The first-order chi connectivity index (χ1) is 6.74. The number of hydrogen-bond donors (Lipinski definition) is 0. The third-order valence-electron chi connectivity index (χ3n) is 1.77. The molecular formula is C7H5N3O4. The van der Waals surface area contributed by atoms with Gasteiger partial charge in [-0.25, -0.2) is 4.63 Å². The Morgan fingerprint density at radius 1 is 1.43 bits per heavy atom. The first-order valence-corrected chi connectivity index (χ1v) is 3.67. The van der Waals surface area contributed by atoms with E-state index in [0.717, 1.165) is 0 Å². The molecule has 0 saturated heterocycles. The molecule has 0 fully saturated rings. The average molecular weight is 195 g/mol. The van der Waals surface area contributed by atoms with Gasteiger partial charge in [0.15, 0.2) is 11.3 Å². The van der Waals surface area contributed by atoms with Gasteiger partial charge in [0, 0.05) is 6.07 Å². The molecule has 1 aromatic heterocycles. The van der Waals surface area contributed by atoms with Crippen LogP contribution in [0.1, 0.15) is 0 Å². The zero-order chi connectivity index (χ0) is 10.1. The highest BCUT2D eigenvalue weighted by Gasteiger charge is 2.19. The minimum Gasteiger partial charge on any atom is -0.494 e. The number of methoxy groups -OCH3 is 1. The normalized spacial score (nSPS) is 10.4. The van der Waals surface area contributed by atoms with Gasteiger partial charge in [0.1, 0.15) is 0 Å². The molecule has 0 unspecified atom stereocenters. The first-order valence-electron chi connectivity index (χ1n) is 3.67. The van der Waals surface area contributed by atoms with Crippen molar-refractivity contribution in [3.05, 3.63) is 22.2 Å². The number of fused-ring (bicyclic) bond motifs is 1. The van der Waals surface area contributed by atoms with Crippen LogP contribution >= 0.6 is 0 Å². The number of nitro groups is 1. The third kappa shape index (κ3) is 1.06. The Labute approximate surface area is 77.4 Å². The third-order valence-corrected chi connectivity index (χ3v) is 1.77. The predicted molar refractivity (Wildman–Crippen MR) is 45.0 cm³/mol. The molecule has 2 rings (SSSR count). The van der Waals surface area contributed by atoms with E-state index in [0.29, 0.717) is 5.75 Å². The van der Waals surface area contributed by atoms with E-state index >= 15 is 0 Å². The second kappa shape index (κ2) is 2.95. The maximum Gasteiger partial charge on any atom is 0.301 e. The summed E-state index contributed by atoms with van der Waals surface area (Å²) in [6.07, 6.45) is 0. The Morgan fingerprint density at radius 2 is 2.14 bits per heavy atom. The fraction of sp³-hybridized carbons (Fsp3) is 0.143. The van der Waals surface area contributed by atoms with E-state index in [2.05, 4.69) is 14.9 Å². The summed E-state index contributed by atoms with van der Waals surface area (Å²) >= 11 is 0. The van der Waals surface area contributed by atoms with Gasteiger partial charge < -0.3 is 4.74 Å². The summed E-state index contributed by atoms with van der Waals surface area (Å²) in [5.41, 5.74) is 0.193. The molecule has 14 heavy (non-hydrogen) atoms. The van der Waals surface area contributed by atoms with Gasteiger partial charge in [-0.3, -0.25) is 10.1 Å². The highest BCUT2D eigenvalue weighted by Crippen LogP contribution is 2.29. The first kappa shape index (κ1) is 8.42. The van der Waals surface area contributed by atoms with Crippen LogP contribution in [0.2, 0.25) is 0 Å². The fourth-order valence-electron chi connectivity index (χ4n) is 1.14. The van der Waals surface area contributed by atoms with Crippen LogP contribution in [-0.4, -0.2) is 22.3 Å². The number of rotatable bonds is 2. The average Bonchev–Trinajstić information content (AvgIpc) is 2.64. The highest BCUT2D eigenvalue weighted by molar-refractivity contribution is 5.88. The molecule has 2 aromatic rings. The number of nitrogens with zero attached hydrogens (tertiary/aromatic N) is 3. The van der Waals surface area contributed by atoms with Crippen molar-refractivity contribution in [3.8, 4) is 5.75 Å². The van der Waals surface area contributed by atoms with Crippen LogP contribution in [0.15, 0.2) is 16.8 Å². The molecule has 7 heteroatoms. The van der Waals surface area contributed by atoms with Crippen LogP contribution in [-0.2, 0) is 0 Å². The molecule has 0 amide bonds. The second-order valence-corrected chi connectivity index (χ2v) is 2.51. The quantitative estimate of drug-likeness (QED) is 0.527. The van der Waals surface area contributed by atoms with Gasteiger partial charge >= 0.3 is 5.69 Å². The van der Waals surface area contributed by atoms with Crippen molar-refractivity contribution >= 4 is 16.7 Å². The van der Waals surface area contributed by atoms with Crippen molar-refractivity contribution in [1.29, 1.82) is 0 Å². The lowest BCUT2D eigenvalue weighted by atomic mass is 10.2. The molecule has 0 aliphatic rings. The Kier molecular flexibility index (Phi) is 1.77. The van der Waals surface area contributed by atoms with Crippen molar-refractivity contribution in [2.75, 3.05) is 7.11 Å².